The molecular formula is C18H24ClN5O4S. The third kappa shape index (κ3) is 4.95. The molecule has 2 heterocycles. The van der Waals surface area contributed by atoms with Crippen LogP contribution in [0, 0.1) is 5.92 Å². The number of hydrogen-bond donors (Lipinski definition) is 0. The third-order valence-corrected chi connectivity index (χ3v) is 7.00. The van der Waals surface area contributed by atoms with Crippen molar-refractivity contribution in [2.45, 2.75) is 19.4 Å². The molecule has 3 rings (SSSR count). The van der Waals surface area contributed by atoms with Gasteiger partial charge in [-0.1, -0.05) is 16.8 Å². The number of nitrogens with zero attached hydrogens (tertiary/aromatic N) is 5. The van der Waals surface area contributed by atoms with Gasteiger partial charge in [0.25, 0.3) is 10.2 Å². The van der Waals surface area contributed by atoms with Gasteiger partial charge in [0.05, 0.1) is 12.5 Å². The Morgan fingerprint density at radius 1 is 1.28 bits per heavy atom. The van der Waals surface area contributed by atoms with Gasteiger partial charge in [0, 0.05) is 44.8 Å². The zero-order chi connectivity index (χ0) is 21.2. The van der Waals surface area contributed by atoms with Crippen molar-refractivity contribution < 1.29 is 17.7 Å². The van der Waals surface area contributed by atoms with Crippen LogP contribution in [0.4, 0.5) is 0 Å². The van der Waals surface area contributed by atoms with Crippen molar-refractivity contribution in [3.05, 3.63) is 35.2 Å². The number of benzene rings is 1. The largest absolute Gasteiger partial charge is 0.337 e. The first kappa shape index (κ1) is 21.7. The Morgan fingerprint density at radius 2 is 1.97 bits per heavy atom. The second-order valence-electron chi connectivity index (χ2n) is 7.20. The number of aromatic nitrogens is 2. The smallest absolute Gasteiger partial charge is 0.281 e. The van der Waals surface area contributed by atoms with Crippen LogP contribution < -0.4 is 0 Å². The summed E-state index contributed by atoms with van der Waals surface area (Å²) < 4.78 is 32.5. The highest BCUT2D eigenvalue weighted by atomic mass is 35.5. The van der Waals surface area contributed by atoms with Crippen molar-refractivity contribution in [1.29, 1.82) is 0 Å². The van der Waals surface area contributed by atoms with E-state index in [1.165, 1.54) is 27.6 Å². The molecule has 1 aliphatic rings. The fourth-order valence-corrected chi connectivity index (χ4v) is 4.53. The van der Waals surface area contributed by atoms with E-state index in [1.54, 1.807) is 31.3 Å². The summed E-state index contributed by atoms with van der Waals surface area (Å²) >= 11 is 5.89. The predicted octanol–water partition coefficient (Wildman–Crippen LogP) is 1.87. The van der Waals surface area contributed by atoms with E-state index < -0.39 is 16.1 Å². The summed E-state index contributed by atoms with van der Waals surface area (Å²) in [5, 5.41) is 4.56. The molecule has 1 aromatic heterocycles. The minimum Gasteiger partial charge on any atom is -0.337 e. The number of halogens is 1. The van der Waals surface area contributed by atoms with Gasteiger partial charge in [-0.2, -0.15) is 22.0 Å². The summed E-state index contributed by atoms with van der Waals surface area (Å²) in [5.74, 6) is 0.176. The molecule has 1 aromatic carbocycles. The first-order chi connectivity index (χ1) is 13.7. The minimum atomic E-state index is -3.54. The first-order valence-electron chi connectivity index (χ1n) is 9.19. The maximum absolute atomic E-state index is 12.8. The Morgan fingerprint density at radius 3 is 2.62 bits per heavy atom. The van der Waals surface area contributed by atoms with Crippen LogP contribution in [0.3, 0.4) is 0 Å². The highest BCUT2D eigenvalue weighted by Crippen LogP contribution is 2.23. The molecule has 0 spiro atoms. The fourth-order valence-electron chi connectivity index (χ4n) is 3.21. The third-order valence-electron chi connectivity index (χ3n) is 4.84. The van der Waals surface area contributed by atoms with Gasteiger partial charge < -0.3 is 9.42 Å². The molecule has 1 aliphatic heterocycles. The van der Waals surface area contributed by atoms with Gasteiger partial charge in [-0.25, -0.2) is 0 Å². The quantitative estimate of drug-likeness (QED) is 0.678. The van der Waals surface area contributed by atoms with Gasteiger partial charge >= 0.3 is 0 Å². The van der Waals surface area contributed by atoms with Gasteiger partial charge in [0.1, 0.15) is 0 Å². The van der Waals surface area contributed by atoms with Crippen LogP contribution in [0.15, 0.2) is 28.8 Å². The van der Waals surface area contributed by atoms with E-state index >= 15 is 0 Å². The van der Waals surface area contributed by atoms with Crippen molar-refractivity contribution in [1.82, 2.24) is 23.7 Å². The van der Waals surface area contributed by atoms with Crippen molar-refractivity contribution in [2.24, 2.45) is 5.92 Å². The Labute approximate surface area is 175 Å². The lowest BCUT2D eigenvalue weighted by Gasteiger charge is -2.34. The molecule has 1 saturated heterocycles. The SMILES string of the molecule is CN(Cc1nc(-c2ccc(Cl)cc2)no1)C(=O)[C@H]1CCCN(S(=O)(=O)N(C)C)C1. The van der Waals surface area contributed by atoms with E-state index in [4.69, 9.17) is 16.1 Å². The zero-order valence-corrected chi connectivity index (χ0v) is 18.1. The molecule has 1 amide bonds. The topological polar surface area (TPSA) is 99.9 Å². The maximum Gasteiger partial charge on any atom is 0.281 e. The number of rotatable bonds is 6. The second-order valence-corrected chi connectivity index (χ2v) is 9.78. The van der Waals surface area contributed by atoms with Crippen LogP contribution in [-0.2, 0) is 21.5 Å². The molecule has 0 bridgehead atoms. The molecule has 0 saturated carbocycles. The molecule has 0 unspecified atom stereocenters. The standard InChI is InChI=1S/C18H24ClN5O4S/c1-22(2)29(26,27)24-10-4-5-14(11-24)18(25)23(3)12-16-20-17(21-28-16)13-6-8-15(19)9-7-13/h6-9,14H,4-5,10-12H2,1-3H3/t14-/m0/s1. The monoisotopic (exact) mass is 441 g/mol. The summed E-state index contributed by atoms with van der Waals surface area (Å²) in [4.78, 5) is 18.7. The molecule has 0 N–H and O–H groups in total. The van der Waals surface area contributed by atoms with E-state index in [2.05, 4.69) is 10.1 Å². The van der Waals surface area contributed by atoms with Crippen LogP contribution >= 0.6 is 11.6 Å². The number of carbonyl (C=O) groups is 1. The molecular weight excluding hydrogens is 418 g/mol. The van der Waals surface area contributed by atoms with Crippen LogP contribution in [-0.4, -0.2) is 72.2 Å². The number of piperidine rings is 1. The van der Waals surface area contributed by atoms with Crippen molar-refractivity contribution in [2.75, 3.05) is 34.2 Å². The van der Waals surface area contributed by atoms with E-state index in [0.29, 0.717) is 36.1 Å². The average Bonchev–Trinajstić information content (AvgIpc) is 3.16. The highest BCUT2D eigenvalue weighted by molar-refractivity contribution is 7.86. The summed E-state index contributed by atoms with van der Waals surface area (Å²) in [6.07, 6.45) is 1.28. The van der Waals surface area contributed by atoms with E-state index in [9.17, 15) is 13.2 Å². The Balaban J connectivity index is 1.64. The maximum atomic E-state index is 12.8. The molecule has 158 valence electrons. The van der Waals surface area contributed by atoms with E-state index in [0.717, 1.165) is 5.56 Å². The van der Waals surface area contributed by atoms with Crippen LogP contribution in [0.2, 0.25) is 5.02 Å². The second kappa shape index (κ2) is 8.78. The normalized spacial score (nSPS) is 18.2. The van der Waals surface area contributed by atoms with Crippen LogP contribution in [0.1, 0.15) is 18.7 Å². The first-order valence-corrected chi connectivity index (χ1v) is 11.0. The van der Waals surface area contributed by atoms with Crippen molar-refractivity contribution >= 4 is 27.7 Å². The van der Waals surface area contributed by atoms with Gasteiger partial charge in [-0.05, 0) is 37.1 Å². The van der Waals surface area contributed by atoms with E-state index in [-0.39, 0.29) is 19.0 Å². The average molecular weight is 442 g/mol. The minimum absolute atomic E-state index is 0.144. The number of hydrogen-bond acceptors (Lipinski definition) is 6. The Bertz CT molecular complexity index is 961. The van der Waals surface area contributed by atoms with Gasteiger partial charge in [-0.3, -0.25) is 4.79 Å². The fraction of sp³-hybridized carbons (Fsp3) is 0.500. The molecule has 2 aromatic rings. The molecule has 0 aliphatic carbocycles. The number of carbonyl (C=O) groups excluding carboxylic acids is 1. The molecule has 9 nitrogen and oxygen atoms in total. The van der Waals surface area contributed by atoms with Gasteiger partial charge in [-0.15, -0.1) is 0 Å². The predicted molar refractivity (Wildman–Crippen MR) is 108 cm³/mol. The highest BCUT2D eigenvalue weighted by Gasteiger charge is 2.34. The summed E-state index contributed by atoms with van der Waals surface area (Å²) in [6.45, 7) is 0.738. The lowest BCUT2D eigenvalue weighted by Crippen LogP contribution is -2.49. The Hall–Kier alpha value is -2.01. The lowest BCUT2D eigenvalue weighted by atomic mass is 9.98. The molecule has 29 heavy (non-hydrogen) atoms. The molecule has 0 radical (unpaired) electrons. The summed E-state index contributed by atoms with van der Waals surface area (Å²) in [7, 11) is 1.08. The number of amides is 1. The van der Waals surface area contributed by atoms with Gasteiger partial charge in [0.15, 0.2) is 0 Å². The molecule has 1 fully saturated rings. The lowest BCUT2D eigenvalue weighted by molar-refractivity contribution is -0.136. The Kier molecular flexibility index (Phi) is 6.57. The molecule has 1 atom stereocenters. The summed E-state index contributed by atoms with van der Waals surface area (Å²) in [5.41, 5.74) is 0.759. The van der Waals surface area contributed by atoms with Crippen LogP contribution in [0.5, 0.6) is 0 Å². The molecule has 11 heteroatoms. The van der Waals surface area contributed by atoms with E-state index in [1.807, 2.05) is 0 Å². The van der Waals surface area contributed by atoms with Gasteiger partial charge in [0.2, 0.25) is 17.6 Å². The van der Waals surface area contributed by atoms with Crippen molar-refractivity contribution in [3.63, 3.8) is 0 Å². The van der Waals surface area contributed by atoms with Crippen molar-refractivity contribution in [3.8, 4) is 11.4 Å². The van der Waals surface area contributed by atoms with Crippen LogP contribution in [0.25, 0.3) is 11.4 Å². The zero-order valence-electron chi connectivity index (χ0n) is 16.6. The summed E-state index contributed by atoms with van der Waals surface area (Å²) in [6, 6.07) is 7.04.